The van der Waals surface area contributed by atoms with Crippen LogP contribution in [0.4, 0.5) is 0 Å². The molecule has 0 aliphatic carbocycles. The highest BCUT2D eigenvalue weighted by Crippen LogP contribution is 2.12. The van der Waals surface area contributed by atoms with E-state index in [0.717, 1.165) is 32.4 Å². The van der Waals surface area contributed by atoms with Crippen molar-refractivity contribution in [3.63, 3.8) is 0 Å². The molecular weight excluding hydrogens is 226 g/mol. The molecule has 0 aromatic carbocycles. The van der Waals surface area contributed by atoms with Crippen molar-refractivity contribution >= 4 is 5.91 Å². The zero-order valence-electron chi connectivity index (χ0n) is 12.2. The minimum absolute atomic E-state index is 0.155. The monoisotopic (exact) mass is 255 g/mol. The molecule has 0 atom stereocenters. The van der Waals surface area contributed by atoms with Crippen molar-refractivity contribution in [2.24, 2.45) is 5.73 Å². The Kier molecular flexibility index (Phi) is 6.09. The lowest BCUT2D eigenvalue weighted by molar-refractivity contribution is -0.122. The van der Waals surface area contributed by atoms with Crippen LogP contribution in [0.5, 0.6) is 0 Å². The highest BCUT2D eigenvalue weighted by molar-refractivity contribution is 5.76. The van der Waals surface area contributed by atoms with Gasteiger partial charge in [-0.15, -0.1) is 0 Å². The Morgan fingerprint density at radius 2 is 2.00 bits per heavy atom. The fraction of sp³-hybridized carbons (Fsp3) is 0.929. The molecule has 1 aliphatic rings. The number of carbonyl (C=O) groups excluding carboxylic acids is 1. The molecule has 0 spiro atoms. The van der Waals surface area contributed by atoms with Gasteiger partial charge in [0, 0.05) is 31.1 Å². The number of nitrogens with one attached hydrogen (secondary N) is 1. The molecule has 0 bridgehead atoms. The third kappa shape index (κ3) is 6.36. The normalized spacial score (nSPS) is 18.9. The number of rotatable bonds is 6. The highest BCUT2D eigenvalue weighted by atomic mass is 16.1. The van der Waals surface area contributed by atoms with Gasteiger partial charge >= 0.3 is 0 Å². The van der Waals surface area contributed by atoms with Crippen LogP contribution in [-0.4, -0.2) is 42.0 Å². The number of hydrogen-bond donors (Lipinski definition) is 2. The molecule has 1 saturated heterocycles. The first-order valence-corrected chi connectivity index (χ1v) is 7.21. The molecule has 18 heavy (non-hydrogen) atoms. The molecule has 106 valence electrons. The van der Waals surface area contributed by atoms with E-state index in [1.807, 2.05) is 13.8 Å². The van der Waals surface area contributed by atoms with Crippen molar-refractivity contribution in [2.45, 2.75) is 64.5 Å². The minimum Gasteiger partial charge on any atom is -0.353 e. The van der Waals surface area contributed by atoms with Gasteiger partial charge in [0.2, 0.25) is 5.91 Å². The van der Waals surface area contributed by atoms with Gasteiger partial charge in [-0.3, -0.25) is 4.79 Å². The summed E-state index contributed by atoms with van der Waals surface area (Å²) in [7, 11) is 0. The smallest absolute Gasteiger partial charge is 0.220 e. The molecule has 1 amide bonds. The summed E-state index contributed by atoms with van der Waals surface area (Å²) in [6, 6.07) is 0.367. The third-order valence-electron chi connectivity index (χ3n) is 3.49. The third-order valence-corrected chi connectivity index (χ3v) is 3.49. The van der Waals surface area contributed by atoms with Gasteiger partial charge in [0.15, 0.2) is 0 Å². The fourth-order valence-electron chi connectivity index (χ4n) is 2.35. The summed E-state index contributed by atoms with van der Waals surface area (Å²) in [6.07, 6.45) is 4.66. The van der Waals surface area contributed by atoms with Crippen molar-refractivity contribution in [3.05, 3.63) is 0 Å². The predicted molar refractivity (Wildman–Crippen MR) is 75.4 cm³/mol. The number of piperidine rings is 1. The predicted octanol–water partition coefficient (Wildman–Crippen LogP) is 1.49. The second-order valence-electron chi connectivity index (χ2n) is 6.17. The Labute approximate surface area is 111 Å². The lowest BCUT2D eigenvalue weighted by Gasteiger charge is -2.32. The summed E-state index contributed by atoms with van der Waals surface area (Å²) in [5, 5.41) is 3.13. The van der Waals surface area contributed by atoms with Crippen LogP contribution in [0.1, 0.15) is 52.9 Å². The number of amides is 1. The summed E-state index contributed by atoms with van der Waals surface area (Å²) in [5.74, 6) is 0.155. The van der Waals surface area contributed by atoms with E-state index < -0.39 is 0 Å². The van der Waals surface area contributed by atoms with E-state index >= 15 is 0 Å². The van der Waals surface area contributed by atoms with E-state index in [0.29, 0.717) is 12.5 Å². The molecule has 1 fully saturated rings. The van der Waals surface area contributed by atoms with Crippen LogP contribution in [0, 0.1) is 0 Å². The SMILES string of the molecule is CCCN1CCC(NC(=O)CCC(C)(C)N)CC1. The van der Waals surface area contributed by atoms with E-state index in [1.165, 1.54) is 13.0 Å². The van der Waals surface area contributed by atoms with Crippen LogP contribution in [0.2, 0.25) is 0 Å². The first-order chi connectivity index (χ1) is 8.40. The van der Waals surface area contributed by atoms with Gasteiger partial charge in [-0.05, 0) is 46.1 Å². The van der Waals surface area contributed by atoms with Crippen LogP contribution in [0.15, 0.2) is 0 Å². The number of nitrogens with two attached hydrogens (primary N) is 1. The summed E-state index contributed by atoms with van der Waals surface area (Å²) in [6.45, 7) is 9.54. The van der Waals surface area contributed by atoms with Crippen molar-refractivity contribution in [1.82, 2.24) is 10.2 Å². The van der Waals surface area contributed by atoms with Crippen molar-refractivity contribution in [2.75, 3.05) is 19.6 Å². The lowest BCUT2D eigenvalue weighted by atomic mass is 9.99. The molecule has 4 nitrogen and oxygen atoms in total. The highest BCUT2D eigenvalue weighted by Gasteiger charge is 2.20. The summed E-state index contributed by atoms with van der Waals surface area (Å²) in [5.41, 5.74) is 5.63. The second-order valence-corrected chi connectivity index (χ2v) is 6.17. The van der Waals surface area contributed by atoms with E-state index in [-0.39, 0.29) is 11.4 Å². The van der Waals surface area contributed by atoms with Gasteiger partial charge in [0.1, 0.15) is 0 Å². The number of carbonyl (C=O) groups is 1. The Bertz CT molecular complexity index is 252. The molecule has 4 heteroatoms. The molecule has 3 N–H and O–H groups in total. The second kappa shape index (κ2) is 7.10. The van der Waals surface area contributed by atoms with Crippen molar-refractivity contribution in [1.29, 1.82) is 0 Å². The Balaban J connectivity index is 2.18. The van der Waals surface area contributed by atoms with Gasteiger partial charge in [0.25, 0.3) is 0 Å². The maximum absolute atomic E-state index is 11.8. The van der Waals surface area contributed by atoms with Gasteiger partial charge in [-0.1, -0.05) is 6.92 Å². The fourth-order valence-corrected chi connectivity index (χ4v) is 2.35. The number of hydrogen-bond acceptors (Lipinski definition) is 3. The average molecular weight is 255 g/mol. The minimum atomic E-state index is -0.248. The van der Waals surface area contributed by atoms with Crippen LogP contribution in [0.3, 0.4) is 0 Å². The van der Waals surface area contributed by atoms with Gasteiger partial charge < -0.3 is 16.0 Å². The molecule has 1 heterocycles. The Hall–Kier alpha value is -0.610. The van der Waals surface area contributed by atoms with Crippen LogP contribution >= 0.6 is 0 Å². The summed E-state index contributed by atoms with van der Waals surface area (Å²) >= 11 is 0. The Morgan fingerprint density at radius 1 is 1.39 bits per heavy atom. The van der Waals surface area contributed by atoms with E-state index in [4.69, 9.17) is 5.73 Å². The zero-order chi connectivity index (χ0) is 13.6. The largest absolute Gasteiger partial charge is 0.353 e. The maximum atomic E-state index is 11.8. The van der Waals surface area contributed by atoms with E-state index in [9.17, 15) is 4.79 Å². The van der Waals surface area contributed by atoms with E-state index in [1.54, 1.807) is 0 Å². The van der Waals surface area contributed by atoms with E-state index in [2.05, 4.69) is 17.1 Å². The first kappa shape index (κ1) is 15.4. The molecule has 1 rings (SSSR count). The molecule has 0 aromatic heterocycles. The van der Waals surface area contributed by atoms with Crippen molar-refractivity contribution < 1.29 is 4.79 Å². The van der Waals surface area contributed by atoms with Gasteiger partial charge in [0.05, 0.1) is 0 Å². The van der Waals surface area contributed by atoms with Crippen LogP contribution in [0.25, 0.3) is 0 Å². The zero-order valence-corrected chi connectivity index (χ0v) is 12.2. The number of likely N-dealkylation sites (tertiary alicyclic amines) is 1. The molecule has 0 radical (unpaired) electrons. The first-order valence-electron chi connectivity index (χ1n) is 7.21. The molecule has 0 aromatic rings. The maximum Gasteiger partial charge on any atom is 0.220 e. The van der Waals surface area contributed by atoms with Crippen molar-refractivity contribution in [3.8, 4) is 0 Å². The van der Waals surface area contributed by atoms with Gasteiger partial charge in [-0.25, -0.2) is 0 Å². The lowest BCUT2D eigenvalue weighted by Crippen LogP contribution is -2.45. The topological polar surface area (TPSA) is 58.4 Å². The van der Waals surface area contributed by atoms with Crippen LogP contribution in [-0.2, 0) is 4.79 Å². The van der Waals surface area contributed by atoms with Gasteiger partial charge in [-0.2, -0.15) is 0 Å². The van der Waals surface area contributed by atoms with Crippen LogP contribution < -0.4 is 11.1 Å². The molecule has 1 aliphatic heterocycles. The standard InChI is InChI=1S/C14H29N3O/c1-4-9-17-10-6-12(7-11-17)16-13(18)5-8-14(2,3)15/h12H,4-11,15H2,1-3H3,(H,16,18). The average Bonchev–Trinajstić information content (AvgIpc) is 2.29. The number of nitrogens with zero attached hydrogens (tertiary/aromatic N) is 1. The molecule has 0 saturated carbocycles. The summed E-state index contributed by atoms with van der Waals surface area (Å²) in [4.78, 5) is 14.3. The summed E-state index contributed by atoms with van der Waals surface area (Å²) < 4.78 is 0. The quantitative estimate of drug-likeness (QED) is 0.756. The molecule has 0 unspecified atom stereocenters. The molecular formula is C14H29N3O. The Morgan fingerprint density at radius 3 is 2.50 bits per heavy atom.